The van der Waals surface area contributed by atoms with Crippen LogP contribution in [0, 0.1) is 6.92 Å². The van der Waals surface area contributed by atoms with Gasteiger partial charge in [-0.3, -0.25) is 14.7 Å². The number of imide groups is 1. The SMILES string of the molecule is CCOCCOc1cc(C)ccc1CNC(=NC)NCCN1C(=O)CNC1=O.I. The summed E-state index contributed by atoms with van der Waals surface area (Å²) in [4.78, 5) is 28.5. The van der Waals surface area contributed by atoms with E-state index in [2.05, 4.69) is 20.9 Å². The topological polar surface area (TPSA) is 104 Å². The maximum absolute atomic E-state index is 11.6. The number of hydrogen-bond donors (Lipinski definition) is 3. The molecule has 3 N–H and O–H groups in total. The van der Waals surface area contributed by atoms with Crippen molar-refractivity contribution in [1.29, 1.82) is 0 Å². The molecule has 9 nitrogen and oxygen atoms in total. The smallest absolute Gasteiger partial charge is 0.324 e. The van der Waals surface area contributed by atoms with Gasteiger partial charge in [-0.1, -0.05) is 12.1 Å². The van der Waals surface area contributed by atoms with Gasteiger partial charge in [0.25, 0.3) is 0 Å². The fourth-order valence-electron chi connectivity index (χ4n) is 2.66. The number of carbonyl (C=O) groups is 2. The lowest BCUT2D eigenvalue weighted by molar-refractivity contribution is -0.124. The van der Waals surface area contributed by atoms with Crippen LogP contribution in [0.4, 0.5) is 4.79 Å². The number of urea groups is 1. The molecule has 1 fully saturated rings. The first-order valence-corrected chi connectivity index (χ1v) is 9.38. The van der Waals surface area contributed by atoms with Crippen molar-refractivity contribution in [2.45, 2.75) is 20.4 Å². The van der Waals surface area contributed by atoms with Crippen molar-refractivity contribution in [3.05, 3.63) is 29.3 Å². The number of halogens is 1. The van der Waals surface area contributed by atoms with Gasteiger partial charge >= 0.3 is 6.03 Å². The van der Waals surface area contributed by atoms with Gasteiger partial charge in [-0.2, -0.15) is 0 Å². The Hall–Kier alpha value is -2.08. The predicted octanol–water partition coefficient (Wildman–Crippen LogP) is 1.25. The van der Waals surface area contributed by atoms with Crippen LogP contribution < -0.4 is 20.7 Å². The molecule has 2 rings (SSSR count). The Labute approximate surface area is 188 Å². The Morgan fingerprint density at radius 2 is 2.07 bits per heavy atom. The highest BCUT2D eigenvalue weighted by molar-refractivity contribution is 14.0. The zero-order valence-electron chi connectivity index (χ0n) is 17.1. The number of nitrogens with zero attached hydrogens (tertiary/aromatic N) is 2. The van der Waals surface area contributed by atoms with Gasteiger partial charge in [0.1, 0.15) is 12.4 Å². The number of aliphatic imine (C=N–C) groups is 1. The molecule has 162 valence electrons. The number of rotatable bonds is 10. The minimum absolute atomic E-state index is 0. The van der Waals surface area contributed by atoms with Crippen LogP contribution in [0.2, 0.25) is 0 Å². The lowest BCUT2D eigenvalue weighted by Crippen LogP contribution is -2.43. The second kappa shape index (κ2) is 13.2. The lowest BCUT2D eigenvalue weighted by atomic mass is 10.1. The largest absolute Gasteiger partial charge is 0.491 e. The number of hydrogen-bond acceptors (Lipinski definition) is 5. The van der Waals surface area contributed by atoms with E-state index < -0.39 is 0 Å². The van der Waals surface area contributed by atoms with E-state index in [-0.39, 0.29) is 49.0 Å². The molecular weight excluding hydrogens is 489 g/mol. The summed E-state index contributed by atoms with van der Waals surface area (Å²) in [6.07, 6.45) is 0. The van der Waals surface area contributed by atoms with Gasteiger partial charge in [0.2, 0.25) is 5.91 Å². The van der Waals surface area contributed by atoms with Crippen LogP contribution in [0.15, 0.2) is 23.2 Å². The zero-order valence-corrected chi connectivity index (χ0v) is 19.4. The molecule has 3 amide bonds. The van der Waals surface area contributed by atoms with E-state index in [0.717, 1.165) is 16.9 Å². The highest BCUT2D eigenvalue weighted by atomic mass is 127. The van der Waals surface area contributed by atoms with E-state index in [1.165, 1.54) is 4.90 Å². The van der Waals surface area contributed by atoms with Gasteiger partial charge in [0, 0.05) is 38.9 Å². The monoisotopic (exact) mass is 519 g/mol. The van der Waals surface area contributed by atoms with Gasteiger partial charge in [-0.15, -0.1) is 24.0 Å². The van der Waals surface area contributed by atoms with E-state index in [9.17, 15) is 9.59 Å². The quantitative estimate of drug-likeness (QED) is 0.141. The number of amides is 3. The fourth-order valence-corrected chi connectivity index (χ4v) is 2.66. The Bertz CT molecular complexity index is 698. The summed E-state index contributed by atoms with van der Waals surface area (Å²) in [5, 5.41) is 8.82. The lowest BCUT2D eigenvalue weighted by Gasteiger charge is -2.17. The van der Waals surface area contributed by atoms with Crippen LogP contribution in [0.5, 0.6) is 5.75 Å². The van der Waals surface area contributed by atoms with Crippen molar-refractivity contribution in [2.75, 3.05) is 46.5 Å². The van der Waals surface area contributed by atoms with E-state index in [1.54, 1.807) is 7.05 Å². The molecule has 1 aromatic rings. The molecule has 0 unspecified atom stereocenters. The molecular formula is C19H30IN5O4. The molecule has 1 heterocycles. The summed E-state index contributed by atoms with van der Waals surface area (Å²) >= 11 is 0. The summed E-state index contributed by atoms with van der Waals surface area (Å²) in [6.45, 7) is 6.94. The van der Waals surface area contributed by atoms with Gasteiger partial charge in [-0.05, 0) is 25.5 Å². The van der Waals surface area contributed by atoms with Crippen molar-refractivity contribution in [1.82, 2.24) is 20.9 Å². The Balaban J connectivity index is 0.00000420. The average Bonchev–Trinajstić information content (AvgIpc) is 3.01. The number of ether oxygens (including phenoxy) is 2. The normalized spacial score (nSPS) is 13.8. The molecule has 1 saturated heterocycles. The molecule has 0 atom stereocenters. The third-order valence-corrected chi connectivity index (χ3v) is 4.15. The molecule has 29 heavy (non-hydrogen) atoms. The number of aryl methyl sites for hydroxylation is 1. The summed E-state index contributed by atoms with van der Waals surface area (Å²) in [7, 11) is 1.66. The van der Waals surface area contributed by atoms with Gasteiger partial charge < -0.3 is 25.4 Å². The van der Waals surface area contributed by atoms with Crippen LogP contribution in [0.3, 0.4) is 0 Å². The van der Waals surface area contributed by atoms with Gasteiger partial charge in [0.05, 0.1) is 13.2 Å². The highest BCUT2D eigenvalue weighted by Crippen LogP contribution is 2.20. The van der Waals surface area contributed by atoms with Crippen LogP contribution in [0.1, 0.15) is 18.1 Å². The molecule has 0 bridgehead atoms. The predicted molar refractivity (Wildman–Crippen MR) is 122 cm³/mol. The number of benzene rings is 1. The van der Waals surface area contributed by atoms with Crippen LogP contribution >= 0.6 is 24.0 Å². The second-order valence-electron chi connectivity index (χ2n) is 6.21. The van der Waals surface area contributed by atoms with Gasteiger partial charge in [-0.25, -0.2) is 4.79 Å². The first-order valence-electron chi connectivity index (χ1n) is 9.38. The minimum atomic E-state index is -0.358. The summed E-state index contributed by atoms with van der Waals surface area (Å²) in [6, 6.07) is 5.68. The van der Waals surface area contributed by atoms with Crippen molar-refractivity contribution in [2.24, 2.45) is 4.99 Å². The minimum Gasteiger partial charge on any atom is -0.491 e. The molecule has 10 heteroatoms. The summed E-state index contributed by atoms with van der Waals surface area (Å²) in [5.74, 6) is 1.16. The number of guanidine groups is 1. The Morgan fingerprint density at radius 3 is 2.72 bits per heavy atom. The summed E-state index contributed by atoms with van der Waals surface area (Å²) in [5.41, 5.74) is 2.12. The average molecular weight is 519 g/mol. The van der Waals surface area contributed by atoms with Crippen molar-refractivity contribution in [3.8, 4) is 5.75 Å². The highest BCUT2D eigenvalue weighted by Gasteiger charge is 2.27. The van der Waals surface area contributed by atoms with Gasteiger partial charge in [0.15, 0.2) is 5.96 Å². The molecule has 1 aliphatic rings. The van der Waals surface area contributed by atoms with E-state index in [0.29, 0.717) is 38.9 Å². The Kier molecular flexibility index (Phi) is 11.4. The third-order valence-electron chi connectivity index (χ3n) is 4.15. The number of nitrogens with one attached hydrogen (secondary N) is 3. The first kappa shape index (κ1) is 25.0. The molecule has 1 aliphatic heterocycles. The maximum Gasteiger partial charge on any atom is 0.324 e. The molecule has 0 radical (unpaired) electrons. The number of carbonyl (C=O) groups excluding carboxylic acids is 2. The van der Waals surface area contributed by atoms with Crippen molar-refractivity contribution in [3.63, 3.8) is 0 Å². The van der Waals surface area contributed by atoms with Crippen LogP contribution in [-0.2, 0) is 16.1 Å². The van der Waals surface area contributed by atoms with E-state index >= 15 is 0 Å². The molecule has 0 saturated carbocycles. The first-order chi connectivity index (χ1) is 13.5. The van der Waals surface area contributed by atoms with Crippen LogP contribution in [-0.4, -0.2) is 69.3 Å². The molecule has 0 spiro atoms. The zero-order chi connectivity index (χ0) is 20.4. The molecule has 1 aromatic carbocycles. The standard InChI is InChI=1S/C19H29N5O4.HI/c1-4-27-9-10-28-16-11-14(2)5-6-15(16)12-22-18(20-3)21-7-8-24-17(25)13-23-19(24)26;/h5-6,11H,4,7-10,12-13H2,1-3H3,(H,23,26)(H2,20,21,22);1H. The Morgan fingerprint density at radius 1 is 1.28 bits per heavy atom. The molecule has 0 aliphatic carbocycles. The van der Waals surface area contributed by atoms with Crippen molar-refractivity contribution >= 4 is 41.9 Å². The molecule has 0 aromatic heterocycles. The van der Waals surface area contributed by atoms with E-state index in [1.807, 2.05) is 32.0 Å². The van der Waals surface area contributed by atoms with Crippen LogP contribution in [0.25, 0.3) is 0 Å². The fraction of sp³-hybridized carbons (Fsp3) is 0.526. The summed E-state index contributed by atoms with van der Waals surface area (Å²) < 4.78 is 11.2. The van der Waals surface area contributed by atoms with E-state index in [4.69, 9.17) is 9.47 Å². The second-order valence-corrected chi connectivity index (χ2v) is 6.21. The third kappa shape index (κ3) is 8.05. The maximum atomic E-state index is 11.6. The van der Waals surface area contributed by atoms with Crippen molar-refractivity contribution < 1.29 is 19.1 Å².